The Morgan fingerprint density at radius 1 is 1.25 bits per heavy atom. The predicted molar refractivity (Wildman–Crippen MR) is 83.9 cm³/mol. The third-order valence-corrected chi connectivity index (χ3v) is 4.19. The van der Waals surface area contributed by atoms with Crippen LogP contribution in [0.1, 0.15) is 24.1 Å². The smallest absolute Gasteiger partial charge is 0.325 e. The summed E-state index contributed by atoms with van der Waals surface area (Å²) >= 11 is 0. The minimum absolute atomic E-state index is 0.0534. The van der Waals surface area contributed by atoms with Gasteiger partial charge in [0.25, 0.3) is 5.91 Å². The van der Waals surface area contributed by atoms with E-state index in [1.165, 1.54) is 0 Å². The average molecular weight is 325 g/mol. The lowest BCUT2D eigenvalue weighted by atomic mass is 9.99. The van der Waals surface area contributed by atoms with Gasteiger partial charge in [0, 0.05) is 11.5 Å². The van der Waals surface area contributed by atoms with Crippen LogP contribution in [0.4, 0.5) is 4.79 Å². The van der Waals surface area contributed by atoms with Crippen molar-refractivity contribution in [1.29, 1.82) is 0 Å². The van der Waals surface area contributed by atoms with Crippen molar-refractivity contribution in [3.63, 3.8) is 0 Å². The second kappa shape index (κ2) is 4.95. The van der Waals surface area contributed by atoms with Crippen molar-refractivity contribution < 1.29 is 18.5 Å². The van der Waals surface area contributed by atoms with E-state index in [2.05, 4.69) is 10.5 Å². The van der Waals surface area contributed by atoms with E-state index >= 15 is 0 Å². The van der Waals surface area contributed by atoms with Crippen LogP contribution >= 0.6 is 0 Å². The summed E-state index contributed by atoms with van der Waals surface area (Å²) in [6, 6.07) is 10.4. The highest BCUT2D eigenvalue weighted by Crippen LogP contribution is 2.33. The topological polar surface area (TPSA) is 88.6 Å². The van der Waals surface area contributed by atoms with Crippen molar-refractivity contribution in [3.05, 3.63) is 53.6 Å². The van der Waals surface area contributed by atoms with Crippen LogP contribution in [0.5, 0.6) is 0 Å². The fraction of sp³-hybridized carbons (Fsp3) is 0.235. The van der Waals surface area contributed by atoms with E-state index in [-0.39, 0.29) is 12.5 Å². The minimum atomic E-state index is -1.24. The first-order chi connectivity index (χ1) is 11.5. The molecule has 2 aromatic heterocycles. The molecule has 0 aliphatic carbocycles. The molecule has 3 amide bonds. The quantitative estimate of drug-likeness (QED) is 0.748. The van der Waals surface area contributed by atoms with Gasteiger partial charge in [0.2, 0.25) is 0 Å². The Morgan fingerprint density at radius 3 is 2.75 bits per heavy atom. The van der Waals surface area contributed by atoms with Gasteiger partial charge < -0.3 is 14.3 Å². The van der Waals surface area contributed by atoms with Gasteiger partial charge >= 0.3 is 6.03 Å². The van der Waals surface area contributed by atoms with Gasteiger partial charge in [-0.2, -0.15) is 0 Å². The third-order valence-electron chi connectivity index (χ3n) is 4.19. The maximum atomic E-state index is 12.9. The second-order valence-electron chi connectivity index (χ2n) is 6.02. The number of aromatic nitrogens is 1. The number of carbonyl (C=O) groups is 2. The molecule has 1 fully saturated rings. The van der Waals surface area contributed by atoms with E-state index in [0.29, 0.717) is 22.8 Å². The molecule has 122 valence electrons. The normalized spacial score (nSPS) is 20.8. The van der Waals surface area contributed by atoms with E-state index in [1.54, 1.807) is 26.0 Å². The number of rotatable bonds is 3. The number of para-hydroxylation sites is 1. The Morgan fingerprint density at radius 2 is 2.04 bits per heavy atom. The number of benzene rings is 1. The SMILES string of the molecule is Cc1cc(CN2C(=O)NC(C)(c3cc4ccccc4o3)C2=O)no1. The predicted octanol–water partition coefficient (Wildman–Crippen LogP) is 2.70. The largest absolute Gasteiger partial charge is 0.458 e. The molecule has 1 aliphatic heterocycles. The number of hydrogen-bond donors (Lipinski definition) is 1. The van der Waals surface area contributed by atoms with Gasteiger partial charge in [-0.05, 0) is 26.0 Å². The number of fused-ring (bicyclic) bond motifs is 1. The van der Waals surface area contributed by atoms with Crippen molar-refractivity contribution in [2.24, 2.45) is 0 Å². The summed E-state index contributed by atoms with van der Waals surface area (Å²) in [5.74, 6) is 0.644. The van der Waals surface area contributed by atoms with Crippen LogP contribution in [0.3, 0.4) is 0 Å². The monoisotopic (exact) mass is 325 g/mol. The van der Waals surface area contributed by atoms with Crippen LogP contribution < -0.4 is 5.32 Å². The fourth-order valence-corrected chi connectivity index (χ4v) is 2.89. The van der Waals surface area contributed by atoms with Crippen LogP contribution in [0.2, 0.25) is 0 Å². The maximum Gasteiger partial charge on any atom is 0.325 e. The first-order valence-corrected chi connectivity index (χ1v) is 7.53. The summed E-state index contributed by atoms with van der Waals surface area (Å²) in [4.78, 5) is 26.3. The van der Waals surface area contributed by atoms with Gasteiger partial charge in [0.15, 0.2) is 5.54 Å². The van der Waals surface area contributed by atoms with Crippen molar-refractivity contribution in [1.82, 2.24) is 15.4 Å². The summed E-state index contributed by atoms with van der Waals surface area (Å²) in [5, 5.41) is 7.43. The number of imide groups is 1. The Bertz CT molecular complexity index is 925. The minimum Gasteiger partial charge on any atom is -0.458 e. The third kappa shape index (κ3) is 2.09. The second-order valence-corrected chi connectivity index (χ2v) is 6.02. The molecule has 0 spiro atoms. The standard InChI is InChI=1S/C17H15N3O4/c1-10-7-12(19-24-10)9-20-15(21)17(2,18-16(20)22)14-8-11-5-3-4-6-13(11)23-14/h3-8H,9H2,1-2H3,(H,18,22). The maximum absolute atomic E-state index is 12.9. The summed E-state index contributed by atoms with van der Waals surface area (Å²) in [6.45, 7) is 3.44. The van der Waals surface area contributed by atoms with Crippen molar-refractivity contribution in [2.75, 3.05) is 0 Å². The molecule has 0 radical (unpaired) electrons. The molecular weight excluding hydrogens is 310 g/mol. The number of urea groups is 1. The number of nitrogens with one attached hydrogen (secondary N) is 1. The van der Waals surface area contributed by atoms with E-state index < -0.39 is 11.6 Å². The van der Waals surface area contributed by atoms with Crippen molar-refractivity contribution >= 4 is 22.9 Å². The molecule has 1 aromatic carbocycles. The van der Waals surface area contributed by atoms with E-state index in [0.717, 1.165) is 10.3 Å². The Hall–Kier alpha value is -3.09. The van der Waals surface area contributed by atoms with Crippen LogP contribution in [-0.4, -0.2) is 22.0 Å². The van der Waals surface area contributed by atoms with Gasteiger partial charge in [-0.3, -0.25) is 9.69 Å². The number of hydrogen-bond acceptors (Lipinski definition) is 5. The molecule has 1 saturated heterocycles. The van der Waals surface area contributed by atoms with Crippen LogP contribution in [0.25, 0.3) is 11.0 Å². The molecule has 24 heavy (non-hydrogen) atoms. The highest BCUT2D eigenvalue weighted by Gasteiger charge is 2.51. The Kier molecular flexibility index (Phi) is 2.99. The molecule has 1 aliphatic rings. The molecular formula is C17H15N3O4. The summed E-state index contributed by atoms with van der Waals surface area (Å²) < 4.78 is 10.8. The highest BCUT2D eigenvalue weighted by atomic mass is 16.5. The molecule has 4 rings (SSSR count). The molecule has 1 atom stereocenters. The molecule has 1 unspecified atom stereocenters. The number of amides is 3. The van der Waals surface area contributed by atoms with Gasteiger partial charge in [0.05, 0.1) is 6.54 Å². The van der Waals surface area contributed by atoms with Crippen LogP contribution in [0.15, 0.2) is 45.3 Å². The lowest BCUT2D eigenvalue weighted by Crippen LogP contribution is -2.40. The molecule has 3 aromatic rings. The molecule has 0 bridgehead atoms. The van der Waals surface area contributed by atoms with Gasteiger partial charge in [-0.15, -0.1) is 0 Å². The van der Waals surface area contributed by atoms with Gasteiger partial charge in [0.1, 0.15) is 22.8 Å². The zero-order valence-corrected chi connectivity index (χ0v) is 13.2. The highest BCUT2D eigenvalue weighted by molar-refractivity contribution is 6.07. The van der Waals surface area contributed by atoms with Gasteiger partial charge in [-0.25, -0.2) is 4.79 Å². The number of furan rings is 1. The Balaban J connectivity index is 1.68. The van der Waals surface area contributed by atoms with Crippen LogP contribution in [-0.2, 0) is 16.9 Å². The zero-order valence-electron chi connectivity index (χ0n) is 13.2. The first-order valence-electron chi connectivity index (χ1n) is 7.53. The summed E-state index contributed by atoms with van der Waals surface area (Å²) in [6.07, 6.45) is 0. The van der Waals surface area contributed by atoms with E-state index in [1.807, 2.05) is 24.3 Å². The first kappa shape index (κ1) is 14.5. The van der Waals surface area contributed by atoms with Crippen LogP contribution in [0, 0.1) is 6.92 Å². The molecule has 7 nitrogen and oxygen atoms in total. The van der Waals surface area contributed by atoms with Gasteiger partial charge in [-0.1, -0.05) is 23.4 Å². The fourth-order valence-electron chi connectivity index (χ4n) is 2.89. The molecule has 3 heterocycles. The lowest BCUT2D eigenvalue weighted by molar-refractivity contribution is -0.132. The molecule has 0 saturated carbocycles. The van der Waals surface area contributed by atoms with E-state index in [9.17, 15) is 9.59 Å². The average Bonchev–Trinajstić information content (AvgIpc) is 3.22. The summed E-state index contributed by atoms with van der Waals surface area (Å²) in [5.41, 5.74) is -0.0549. The number of nitrogens with zero attached hydrogens (tertiary/aromatic N) is 2. The zero-order chi connectivity index (χ0) is 16.9. The molecule has 1 N–H and O–H groups in total. The lowest BCUT2D eigenvalue weighted by Gasteiger charge is -2.18. The van der Waals surface area contributed by atoms with Crippen molar-refractivity contribution in [2.45, 2.75) is 25.9 Å². The van der Waals surface area contributed by atoms with E-state index in [4.69, 9.17) is 8.94 Å². The Labute approximate surface area is 137 Å². The number of carbonyl (C=O) groups excluding carboxylic acids is 2. The van der Waals surface area contributed by atoms with Crippen molar-refractivity contribution in [3.8, 4) is 0 Å². The summed E-state index contributed by atoms with van der Waals surface area (Å²) in [7, 11) is 0. The molecule has 7 heteroatoms. The number of aryl methyl sites for hydroxylation is 1.